The molecule has 1 aromatic carbocycles. The first kappa shape index (κ1) is 16.2. The van der Waals surface area contributed by atoms with Crippen LogP contribution in [0.4, 0.5) is 0 Å². The molecule has 1 aliphatic rings. The Labute approximate surface area is 140 Å². The van der Waals surface area contributed by atoms with Crippen molar-refractivity contribution in [2.75, 3.05) is 13.2 Å². The lowest BCUT2D eigenvalue weighted by Crippen LogP contribution is -2.20. The third-order valence-corrected chi connectivity index (χ3v) is 4.05. The molecular weight excluding hydrogens is 308 g/mol. The number of hydrogen-bond donors (Lipinski definition) is 1. The van der Waals surface area contributed by atoms with Gasteiger partial charge in [-0.3, -0.25) is 9.59 Å². The van der Waals surface area contributed by atoms with Gasteiger partial charge in [-0.15, -0.1) is 5.10 Å². The van der Waals surface area contributed by atoms with Crippen LogP contribution in [0.5, 0.6) is 5.75 Å². The highest BCUT2D eigenvalue weighted by Crippen LogP contribution is 2.18. The molecule has 7 nitrogen and oxygen atoms in total. The average Bonchev–Trinajstić information content (AvgIpc) is 3.18. The standard InChI is InChI=1S/C17H20N4O3/c1-12(22)15-4-2-3-5-16(15)24-9-8-21-11-14(19-20-21)10-13-6-7-18-17(13)23/h2-5,11,13H,6-10H2,1H3,(H,18,23). The number of ether oxygens (including phenoxy) is 1. The van der Waals surface area contributed by atoms with Crippen LogP contribution in [-0.4, -0.2) is 39.8 Å². The highest BCUT2D eigenvalue weighted by atomic mass is 16.5. The zero-order valence-electron chi connectivity index (χ0n) is 13.6. The molecule has 0 bridgehead atoms. The molecule has 0 radical (unpaired) electrons. The van der Waals surface area contributed by atoms with Gasteiger partial charge in [0.25, 0.3) is 0 Å². The van der Waals surface area contributed by atoms with E-state index in [1.807, 2.05) is 18.3 Å². The van der Waals surface area contributed by atoms with Crippen LogP contribution in [0.3, 0.4) is 0 Å². The Morgan fingerprint density at radius 1 is 1.42 bits per heavy atom. The summed E-state index contributed by atoms with van der Waals surface area (Å²) in [6, 6.07) is 7.18. The summed E-state index contributed by atoms with van der Waals surface area (Å²) in [6.45, 7) is 3.17. The molecule has 1 atom stereocenters. The van der Waals surface area contributed by atoms with E-state index in [2.05, 4.69) is 15.6 Å². The van der Waals surface area contributed by atoms with E-state index in [9.17, 15) is 9.59 Å². The monoisotopic (exact) mass is 328 g/mol. The zero-order valence-corrected chi connectivity index (χ0v) is 13.6. The number of carbonyl (C=O) groups is 2. The molecule has 0 saturated carbocycles. The molecule has 1 aromatic heterocycles. The van der Waals surface area contributed by atoms with Crippen molar-refractivity contribution < 1.29 is 14.3 Å². The quantitative estimate of drug-likeness (QED) is 0.773. The molecule has 24 heavy (non-hydrogen) atoms. The van der Waals surface area contributed by atoms with Crippen LogP contribution in [0, 0.1) is 5.92 Å². The largest absolute Gasteiger partial charge is 0.491 e. The van der Waals surface area contributed by atoms with Gasteiger partial charge in [-0.2, -0.15) is 0 Å². The summed E-state index contributed by atoms with van der Waals surface area (Å²) < 4.78 is 7.38. The van der Waals surface area contributed by atoms with E-state index in [4.69, 9.17) is 4.74 Å². The van der Waals surface area contributed by atoms with Crippen molar-refractivity contribution in [3.05, 3.63) is 41.7 Å². The first-order valence-electron chi connectivity index (χ1n) is 8.03. The van der Waals surface area contributed by atoms with Gasteiger partial charge >= 0.3 is 0 Å². The van der Waals surface area contributed by atoms with E-state index >= 15 is 0 Å². The summed E-state index contributed by atoms with van der Waals surface area (Å²) in [5.74, 6) is 0.638. The Hall–Kier alpha value is -2.70. The van der Waals surface area contributed by atoms with Crippen molar-refractivity contribution in [1.29, 1.82) is 0 Å². The zero-order chi connectivity index (χ0) is 16.9. The fourth-order valence-corrected chi connectivity index (χ4v) is 2.77. The smallest absolute Gasteiger partial charge is 0.223 e. The fraction of sp³-hybridized carbons (Fsp3) is 0.412. The minimum Gasteiger partial charge on any atom is -0.491 e. The summed E-state index contributed by atoms with van der Waals surface area (Å²) in [5, 5.41) is 11.0. The Kier molecular flexibility index (Phi) is 4.88. The maximum absolute atomic E-state index is 11.6. The Bertz CT molecular complexity index is 741. The number of nitrogens with one attached hydrogen (secondary N) is 1. The van der Waals surface area contributed by atoms with E-state index in [1.165, 1.54) is 6.92 Å². The van der Waals surface area contributed by atoms with Gasteiger partial charge < -0.3 is 10.1 Å². The number of hydrogen-bond acceptors (Lipinski definition) is 5. The van der Waals surface area contributed by atoms with Crippen LogP contribution in [0.2, 0.25) is 0 Å². The lowest BCUT2D eigenvalue weighted by Gasteiger charge is -2.09. The van der Waals surface area contributed by atoms with Crippen LogP contribution in [0.1, 0.15) is 29.4 Å². The number of amides is 1. The van der Waals surface area contributed by atoms with E-state index < -0.39 is 0 Å². The van der Waals surface area contributed by atoms with Gasteiger partial charge in [-0.1, -0.05) is 17.3 Å². The molecule has 2 heterocycles. The second-order valence-corrected chi connectivity index (χ2v) is 5.85. The predicted octanol–water partition coefficient (Wildman–Crippen LogP) is 1.24. The first-order valence-corrected chi connectivity index (χ1v) is 8.03. The summed E-state index contributed by atoms with van der Waals surface area (Å²) in [5.41, 5.74) is 1.38. The van der Waals surface area contributed by atoms with E-state index in [0.29, 0.717) is 30.9 Å². The van der Waals surface area contributed by atoms with Crippen LogP contribution in [0.25, 0.3) is 0 Å². The Morgan fingerprint density at radius 3 is 3.00 bits per heavy atom. The van der Waals surface area contributed by atoms with Gasteiger partial charge in [0.05, 0.1) is 17.8 Å². The van der Waals surface area contributed by atoms with E-state index in [0.717, 1.165) is 18.7 Å². The molecule has 1 unspecified atom stereocenters. The number of para-hydroxylation sites is 1. The topological polar surface area (TPSA) is 86.1 Å². The van der Waals surface area contributed by atoms with Crippen molar-refractivity contribution in [2.45, 2.75) is 26.3 Å². The molecule has 0 aliphatic carbocycles. The number of rotatable bonds is 7. The Morgan fingerprint density at radius 2 is 2.25 bits per heavy atom. The van der Waals surface area contributed by atoms with Gasteiger partial charge in [0.15, 0.2) is 5.78 Å². The lowest BCUT2D eigenvalue weighted by molar-refractivity contribution is -0.122. The number of benzene rings is 1. The van der Waals surface area contributed by atoms with Gasteiger partial charge in [0.1, 0.15) is 12.4 Å². The van der Waals surface area contributed by atoms with Crippen LogP contribution in [-0.2, 0) is 17.8 Å². The maximum atomic E-state index is 11.6. The number of Topliss-reactive ketones (excluding diaryl/α,β-unsaturated/α-hetero) is 1. The molecule has 7 heteroatoms. The van der Waals surface area contributed by atoms with Crippen LogP contribution < -0.4 is 10.1 Å². The molecule has 126 valence electrons. The minimum atomic E-state index is -0.0246. The molecular formula is C17H20N4O3. The van der Waals surface area contributed by atoms with Gasteiger partial charge in [0, 0.05) is 25.1 Å². The van der Waals surface area contributed by atoms with Crippen molar-refractivity contribution in [3.63, 3.8) is 0 Å². The fourth-order valence-electron chi connectivity index (χ4n) is 2.77. The third kappa shape index (κ3) is 3.79. The molecule has 1 saturated heterocycles. The number of ketones is 1. The van der Waals surface area contributed by atoms with Crippen LogP contribution >= 0.6 is 0 Å². The SMILES string of the molecule is CC(=O)c1ccccc1OCCn1cc(CC2CCNC2=O)nn1. The molecule has 0 spiro atoms. The normalized spacial score (nSPS) is 16.9. The third-order valence-electron chi connectivity index (χ3n) is 4.05. The second-order valence-electron chi connectivity index (χ2n) is 5.85. The predicted molar refractivity (Wildman–Crippen MR) is 86.8 cm³/mol. The molecule has 2 aromatic rings. The van der Waals surface area contributed by atoms with Crippen molar-refractivity contribution in [2.24, 2.45) is 5.92 Å². The summed E-state index contributed by atoms with van der Waals surface area (Å²) in [7, 11) is 0. The van der Waals surface area contributed by atoms with Gasteiger partial charge in [-0.25, -0.2) is 4.68 Å². The van der Waals surface area contributed by atoms with E-state index in [1.54, 1.807) is 16.8 Å². The number of aromatic nitrogens is 3. The summed E-state index contributed by atoms with van der Waals surface area (Å²) in [6.07, 6.45) is 3.29. The average molecular weight is 328 g/mol. The van der Waals surface area contributed by atoms with Crippen LogP contribution in [0.15, 0.2) is 30.5 Å². The summed E-state index contributed by atoms with van der Waals surface area (Å²) >= 11 is 0. The van der Waals surface area contributed by atoms with Crippen molar-refractivity contribution in [1.82, 2.24) is 20.3 Å². The first-order chi connectivity index (χ1) is 11.6. The number of carbonyl (C=O) groups excluding carboxylic acids is 2. The van der Waals surface area contributed by atoms with Crippen molar-refractivity contribution >= 4 is 11.7 Å². The molecule has 3 rings (SSSR count). The van der Waals surface area contributed by atoms with E-state index in [-0.39, 0.29) is 17.6 Å². The van der Waals surface area contributed by atoms with Crippen molar-refractivity contribution in [3.8, 4) is 5.75 Å². The second kappa shape index (κ2) is 7.25. The molecule has 1 N–H and O–H groups in total. The molecule has 1 amide bonds. The Balaban J connectivity index is 1.53. The highest BCUT2D eigenvalue weighted by Gasteiger charge is 2.25. The van der Waals surface area contributed by atoms with Gasteiger partial charge in [0.2, 0.25) is 5.91 Å². The highest BCUT2D eigenvalue weighted by molar-refractivity contribution is 5.96. The number of nitrogens with zero attached hydrogens (tertiary/aromatic N) is 3. The maximum Gasteiger partial charge on any atom is 0.223 e. The molecule has 1 fully saturated rings. The van der Waals surface area contributed by atoms with Gasteiger partial charge in [-0.05, 0) is 25.5 Å². The summed E-state index contributed by atoms with van der Waals surface area (Å²) in [4.78, 5) is 23.1. The lowest BCUT2D eigenvalue weighted by atomic mass is 10.0. The molecule has 1 aliphatic heterocycles. The minimum absolute atomic E-state index is 0.00570.